The molecule has 2 rings (SSSR count). The van der Waals surface area contributed by atoms with Gasteiger partial charge in [0, 0.05) is 46.1 Å². The van der Waals surface area contributed by atoms with E-state index in [2.05, 4.69) is 20.9 Å². The maximum absolute atomic E-state index is 12.2. The van der Waals surface area contributed by atoms with Gasteiger partial charge in [-0.3, -0.25) is 9.00 Å². The molecule has 4 nitrogen and oxygen atoms in total. The molecule has 0 aliphatic carbocycles. The molecule has 0 N–H and O–H groups in total. The zero-order chi connectivity index (χ0) is 12.4. The van der Waals surface area contributed by atoms with Crippen LogP contribution in [0.2, 0.25) is 5.15 Å². The summed E-state index contributed by atoms with van der Waals surface area (Å²) in [5, 5.41) is 0.199. The average Bonchev–Trinajstić information content (AvgIpc) is 2.32. The second kappa shape index (κ2) is 5.46. The standard InChI is InChI=1S/C10H10BrClN2O2S/c11-7-5-8(9(12)13-6-7)10(15)14-1-3-17(16)4-2-14/h5-6H,1-4H2. The predicted molar refractivity (Wildman–Crippen MR) is 70.7 cm³/mol. The van der Waals surface area contributed by atoms with E-state index >= 15 is 0 Å². The zero-order valence-electron chi connectivity index (χ0n) is 8.86. The first-order valence-corrected chi connectivity index (χ1v) is 7.69. The van der Waals surface area contributed by atoms with Gasteiger partial charge in [0.25, 0.3) is 5.91 Å². The lowest BCUT2D eigenvalue weighted by molar-refractivity contribution is 0.0771. The highest BCUT2D eigenvalue weighted by atomic mass is 79.9. The summed E-state index contributed by atoms with van der Waals surface area (Å²) < 4.78 is 11.9. The number of carbonyl (C=O) groups excluding carboxylic acids is 1. The number of nitrogens with zero attached hydrogens (tertiary/aromatic N) is 2. The van der Waals surface area contributed by atoms with Crippen LogP contribution in [0.15, 0.2) is 16.7 Å². The summed E-state index contributed by atoms with van der Waals surface area (Å²) in [6, 6.07) is 1.66. The van der Waals surface area contributed by atoms with E-state index in [9.17, 15) is 9.00 Å². The van der Waals surface area contributed by atoms with E-state index in [-0.39, 0.29) is 11.1 Å². The Morgan fingerprint density at radius 1 is 1.47 bits per heavy atom. The van der Waals surface area contributed by atoms with Gasteiger partial charge >= 0.3 is 0 Å². The van der Waals surface area contributed by atoms with Crippen molar-refractivity contribution >= 4 is 44.2 Å². The summed E-state index contributed by atoms with van der Waals surface area (Å²) in [5.74, 6) is 0.913. The highest BCUT2D eigenvalue weighted by Crippen LogP contribution is 2.20. The Balaban J connectivity index is 2.19. The number of hydrogen-bond donors (Lipinski definition) is 0. The van der Waals surface area contributed by atoms with Crippen LogP contribution >= 0.6 is 27.5 Å². The molecule has 17 heavy (non-hydrogen) atoms. The van der Waals surface area contributed by atoms with Crippen LogP contribution in [0.3, 0.4) is 0 Å². The zero-order valence-corrected chi connectivity index (χ0v) is 12.0. The molecule has 1 amide bonds. The molecule has 0 unspecified atom stereocenters. The van der Waals surface area contributed by atoms with E-state index in [1.807, 2.05) is 0 Å². The van der Waals surface area contributed by atoms with Gasteiger partial charge < -0.3 is 4.90 Å². The molecule has 7 heteroatoms. The lowest BCUT2D eigenvalue weighted by Gasteiger charge is -2.26. The van der Waals surface area contributed by atoms with E-state index in [4.69, 9.17) is 11.6 Å². The number of aromatic nitrogens is 1. The minimum absolute atomic E-state index is 0.152. The normalized spacial score (nSPS) is 17.2. The van der Waals surface area contributed by atoms with Gasteiger partial charge in [-0.1, -0.05) is 11.6 Å². The number of pyridine rings is 1. The van der Waals surface area contributed by atoms with Gasteiger partial charge in [-0.15, -0.1) is 0 Å². The average molecular weight is 338 g/mol. The first-order chi connectivity index (χ1) is 8.08. The summed E-state index contributed by atoms with van der Waals surface area (Å²) in [6.45, 7) is 1.02. The van der Waals surface area contributed by atoms with E-state index in [0.717, 1.165) is 0 Å². The molecule has 0 radical (unpaired) electrons. The minimum atomic E-state index is -0.795. The van der Waals surface area contributed by atoms with Crippen LogP contribution in [-0.2, 0) is 10.8 Å². The molecular weight excluding hydrogens is 328 g/mol. The molecule has 1 fully saturated rings. The van der Waals surface area contributed by atoms with Gasteiger partial charge in [0.15, 0.2) is 0 Å². The summed E-state index contributed by atoms with van der Waals surface area (Å²) >= 11 is 9.16. The largest absolute Gasteiger partial charge is 0.337 e. The third-order valence-electron chi connectivity index (χ3n) is 2.50. The second-order valence-corrected chi connectivity index (χ2v) is 6.60. The van der Waals surface area contributed by atoms with Crippen molar-refractivity contribution in [2.24, 2.45) is 0 Å². The third kappa shape index (κ3) is 3.05. The van der Waals surface area contributed by atoms with Crippen LogP contribution in [0.25, 0.3) is 0 Å². The fourth-order valence-corrected chi connectivity index (χ4v) is 3.15. The van der Waals surface area contributed by atoms with Gasteiger partial charge in [0.1, 0.15) is 5.15 Å². The van der Waals surface area contributed by atoms with E-state index in [0.29, 0.717) is 34.6 Å². The van der Waals surface area contributed by atoms with E-state index in [1.54, 1.807) is 17.2 Å². The third-order valence-corrected chi connectivity index (χ3v) is 4.51. The van der Waals surface area contributed by atoms with Crippen molar-refractivity contribution in [2.45, 2.75) is 0 Å². The topological polar surface area (TPSA) is 50.3 Å². The van der Waals surface area contributed by atoms with Crippen LogP contribution in [0.1, 0.15) is 10.4 Å². The van der Waals surface area contributed by atoms with Crippen LogP contribution < -0.4 is 0 Å². The van der Waals surface area contributed by atoms with Gasteiger partial charge in [-0.25, -0.2) is 4.98 Å². The lowest BCUT2D eigenvalue weighted by atomic mass is 10.2. The smallest absolute Gasteiger partial charge is 0.257 e. The first kappa shape index (κ1) is 13.0. The molecule has 0 atom stereocenters. The fourth-order valence-electron chi connectivity index (χ4n) is 1.58. The molecule has 1 aromatic heterocycles. The molecule has 1 aromatic rings. The molecular formula is C10H10BrClN2O2S. The monoisotopic (exact) mass is 336 g/mol. The number of amides is 1. The maximum Gasteiger partial charge on any atom is 0.257 e. The fraction of sp³-hybridized carbons (Fsp3) is 0.400. The Morgan fingerprint density at radius 2 is 2.12 bits per heavy atom. The van der Waals surface area contributed by atoms with Crippen molar-refractivity contribution in [3.05, 3.63) is 27.5 Å². The molecule has 2 heterocycles. The van der Waals surface area contributed by atoms with Crippen LogP contribution in [-0.4, -0.2) is 44.6 Å². The Labute approximate surface area is 115 Å². The number of hydrogen-bond acceptors (Lipinski definition) is 3. The van der Waals surface area contributed by atoms with Crippen molar-refractivity contribution in [3.8, 4) is 0 Å². The van der Waals surface area contributed by atoms with Crippen LogP contribution in [0, 0.1) is 0 Å². The summed E-state index contributed by atoms with van der Waals surface area (Å²) in [7, 11) is -0.795. The highest BCUT2D eigenvalue weighted by molar-refractivity contribution is 9.10. The first-order valence-electron chi connectivity index (χ1n) is 5.03. The van der Waals surface area contributed by atoms with Gasteiger partial charge in [0.05, 0.1) is 5.56 Å². The van der Waals surface area contributed by atoms with Crippen molar-refractivity contribution in [1.29, 1.82) is 0 Å². The molecule has 1 aliphatic rings. The Morgan fingerprint density at radius 3 is 2.76 bits per heavy atom. The second-order valence-electron chi connectivity index (χ2n) is 3.63. The highest BCUT2D eigenvalue weighted by Gasteiger charge is 2.23. The Kier molecular flexibility index (Phi) is 4.17. The van der Waals surface area contributed by atoms with Crippen molar-refractivity contribution in [3.63, 3.8) is 0 Å². The number of carbonyl (C=O) groups is 1. The van der Waals surface area contributed by atoms with Crippen molar-refractivity contribution < 1.29 is 9.00 Å². The summed E-state index contributed by atoms with van der Waals surface area (Å²) in [5.41, 5.74) is 0.383. The minimum Gasteiger partial charge on any atom is -0.337 e. The molecule has 92 valence electrons. The van der Waals surface area contributed by atoms with E-state index in [1.165, 1.54) is 0 Å². The van der Waals surface area contributed by atoms with E-state index < -0.39 is 10.8 Å². The molecule has 0 spiro atoms. The SMILES string of the molecule is O=C(c1cc(Br)cnc1Cl)N1CCS(=O)CC1. The quantitative estimate of drug-likeness (QED) is 0.733. The Bertz CT molecular complexity index is 473. The predicted octanol–water partition coefficient (Wildman–Crippen LogP) is 1.70. The number of halogens is 2. The molecule has 1 saturated heterocycles. The summed E-state index contributed by atoms with van der Waals surface area (Å²) in [6.07, 6.45) is 1.55. The van der Waals surface area contributed by atoms with Crippen LogP contribution in [0.5, 0.6) is 0 Å². The van der Waals surface area contributed by atoms with Gasteiger partial charge in [-0.2, -0.15) is 0 Å². The maximum atomic E-state index is 12.2. The molecule has 0 aromatic carbocycles. The number of rotatable bonds is 1. The summed E-state index contributed by atoms with van der Waals surface area (Å²) in [4.78, 5) is 17.7. The Hall–Kier alpha value is -0.460. The molecule has 0 bridgehead atoms. The van der Waals surface area contributed by atoms with Crippen LogP contribution in [0.4, 0.5) is 0 Å². The van der Waals surface area contributed by atoms with Gasteiger partial charge in [0.2, 0.25) is 0 Å². The molecule has 1 aliphatic heterocycles. The molecule has 0 saturated carbocycles. The van der Waals surface area contributed by atoms with Crippen molar-refractivity contribution in [1.82, 2.24) is 9.88 Å². The van der Waals surface area contributed by atoms with Crippen molar-refractivity contribution in [2.75, 3.05) is 24.6 Å². The van der Waals surface area contributed by atoms with Gasteiger partial charge in [-0.05, 0) is 22.0 Å². The lowest BCUT2D eigenvalue weighted by Crippen LogP contribution is -2.41.